The van der Waals surface area contributed by atoms with Gasteiger partial charge in [0.25, 0.3) is 5.91 Å². The van der Waals surface area contributed by atoms with Crippen LogP contribution in [0, 0.1) is 0 Å². The number of aromatic nitrogens is 2. The molecule has 0 saturated carbocycles. The van der Waals surface area contributed by atoms with Crippen molar-refractivity contribution in [3.8, 4) is 19.8 Å². The van der Waals surface area contributed by atoms with E-state index in [0.29, 0.717) is 19.0 Å². The molecule has 4 aliphatic heterocycles. The number of thiophene rings is 2. The Bertz CT molecular complexity index is 2470. The number of nitrogen functional groups attached to an aromatic ring is 1. The van der Waals surface area contributed by atoms with Gasteiger partial charge < -0.3 is 36.6 Å². The lowest BCUT2D eigenvalue weighted by atomic mass is 9.87. The second-order valence-electron chi connectivity index (χ2n) is 14.7. The molecule has 0 unspecified atom stereocenters. The van der Waals surface area contributed by atoms with Gasteiger partial charge in [0.1, 0.15) is 26.8 Å². The van der Waals surface area contributed by atoms with E-state index in [9.17, 15) is 19.2 Å². The minimum Gasteiger partial charge on any atom is -0.476 e. The Morgan fingerprint density at radius 3 is 1.62 bits per heavy atom. The summed E-state index contributed by atoms with van der Waals surface area (Å²) >= 11 is 5.99. The largest absolute Gasteiger partial charge is 0.476 e. The summed E-state index contributed by atoms with van der Waals surface area (Å²) in [5.41, 5.74) is 9.33. The zero-order valence-electron chi connectivity index (χ0n) is 32.9. The quantitative estimate of drug-likeness (QED) is 0.0923. The number of nitrogens with two attached hydrogens (primary N) is 1. The third-order valence-electron chi connectivity index (χ3n) is 11.1. The molecule has 4 saturated heterocycles. The van der Waals surface area contributed by atoms with Crippen molar-refractivity contribution in [2.75, 3.05) is 60.4 Å². The second kappa shape index (κ2) is 18.5. The summed E-state index contributed by atoms with van der Waals surface area (Å²) in [7, 11) is 0. The number of rotatable bonds is 7. The lowest BCUT2D eigenvalue weighted by molar-refractivity contribution is -0.125. The highest BCUT2D eigenvalue weighted by atomic mass is 32.1. The predicted octanol–water partition coefficient (Wildman–Crippen LogP) is 5.99. The number of hydrogen-bond donors (Lipinski definition) is 7. The van der Waals surface area contributed by atoms with Gasteiger partial charge >= 0.3 is 5.97 Å². The second-order valence-corrected chi connectivity index (χ2v) is 18.3. The number of nitrogens with one attached hydrogen (secondary N) is 5. The average Bonchev–Trinajstić information content (AvgIpc) is 4.14. The van der Waals surface area contributed by atoms with Crippen molar-refractivity contribution in [1.82, 2.24) is 31.2 Å². The molecule has 2 aromatic carbocycles. The molecular weight excluding hydrogens is 853 g/mol. The molecule has 2 spiro atoms. The summed E-state index contributed by atoms with van der Waals surface area (Å²) in [5.74, 6) is -0.956. The highest BCUT2D eigenvalue weighted by Gasteiger charge is 2.45. The predicted molar refractivity (Wildman–Crippen MR) is 244 cm³/mol. The summed E-state index contributed by atoms with van der Waals surface area (Å²) in [6.45, 7) is 4.32. The molecule has 19 heteroatoms. The molecule has 4 fully saturated rings. The van der Waals surface area contributed by atoms with Crippen molar-refractivity contribution in [2.45, 2.75) is 36.8 Å². The molecule has 0 atom stereocenters. The van der Waals surface area contributed by atoms with Crippen LogP contribution in [0.1, 0.15) is 46.7 Å². The van der Waals surface area contributed by atoms with E-state index < -0.39 is 11.5 Å². The fraction of sp³-hybridized carbons (Fsp3) is 0.286. The third-order valence-corrected chi connectivity index (χ3v) is 14.9. The van der Waals surface area contributed by atoms with Gasteiger partial charge in [-0.15, -0.1) is 45.3 Å². The molecule has 61 heavy (non-hydrogen) atoms. The van der Waals surface area contributed by atoms with Gasteiger partial charge in [-0.1, -0.05) is 36.4 Å². The van der Waals surface area contributed by atoms with E-state index >= 15 is 0 Å². The summed E-state index contributed by atoms with van der Waals surface area (Å²) < 4.78 is 0. The number of benzene rings is 2. The molecule has 10 rings (SSSR count). The number of piperidine rings is 2. The first-order valence-electron chi connectivity index (χ1n) is 19.7. The number of anilines is 4. The number of carbonyl (C=O) groups excluding carboxylic acids is 3. The van der Waals surface area contributed by atoms with E-state index in [0.717, 1.165) is 94.4 Å². The first-order valence-corrected chi connectivity index (χ1v) is 23.2. The standard InChI is InChI=1S/C21H21N5O2S2.C13H18N4O.C8H5NO2S2/c27-18(15-12-30-19(25-15)17-6-3-11-29-17)24-14-4-1-2-5-16(14)26-9-7-21(8-10-26)20(28)22-13-23-21;14-10-3-1-2-4-11(10)17-7-5-13(6-8-17)12(18)15-9-16-13;10-8(11)5-4-13-7(9-5)6-2-1-3-12-6/h1-6,11-12,23H,7-10,13H2,(H,22,28)(H,24,27);1-4,16H,5-9,14H2,(H,15,18);1-4H,(H,10,11). The highest BCUT2D eigenvalue weighted by molar-refractivity contribution is 7.20. The number of amides is 3. The molecule has 6 aromatic rings. The molecule has 0 radical (unpaired) electrons. The van der Waals surface area contributed by atoms with Gasteiger partial charge in [-0.05, 0) is 72.8 Å². The zero-order chi connectivity index (χ0) is 42.4. The van der Waals surface area contributed by atoms with Gasteiger partial charge in [-0.3, -0.25) is 25.0 Å². The smallest absolute Gasteiger partial charge is 0.355 e. The molecule has 0 aliphatic carbocycles. The Labute approximate surface area is 368 Å². The van der Waals surface area contributed by atoms with Crippen LogP contribution in [0.15, 0.2) is 94.3 Å². The van der Waals surface area contributed by atoms with Crippen LogP contribution in [0.3, 0.4) is 0 Å². The van der Waals surface area contributed by atoms with Crippen LogP contribution in [0.25, 0.3) is 19.8 Å². The minimum atomic E-state index is -0.973. The van der Waals surface area contributed by atoms with Gasteiger partial charge in [-0.2, -0.15) is 0 Å². The maximum absolute atomic E-state index is 12.8. The Morgan fingerprint density at radius 2 is 1.15 bits per heavy atom. The van der Waals surface area contributed by atoms with Crippen LogP contribution in [0.4, 0.5) is 22.7 Å². The van der Waals surface area contributed by atoms with Crippen LogP contribution in [-0.4, -0.2) is 89.4 Å². The number of para-hydroxylation sites is 4. The van der Waals surface area contributed by atoms with E-state index in [-0.39, 0.29) is 29.0 Å². The first-order chi connectivity index (χ1) is 29.6. The summed E-state index contributed by atoms with van der Waals surface area (Å²) in [4.78, 5) is 62.4. The Hall–Kier alpha value is -5.70. The van der Waals surface area contributed by atoms with Gasteiger partial charge in [0.05, 0.1) is 45.8 Å². The van der Waals surface area contributed by atoms with Crippen molar-refractivity contribution in [3.63, 3.8) is 0 Å². The van der Waals surface area contributed by atoms with Gasteiger partial charge in [0.2, 0.25) is 11.8 Å². The summed E-state index contributed by atoms with van der Waals surface area (Å²) in [6, 6.07) is 23.5. The number of hydrogen-bond acceptors (Lipinski definition) is 15. The topological polar surface area (TPSA) is 207 Å². The monoisotopic (exact) mass is 896 g/mol. The van der Waals surface area contributed by atoms with E-state index in [2.05, 4.69) is 46.4 Å². The Kier molecular flexibility index (Phi) is 12.7. The molecular formula is C42H44N10O5S4. The van der Waals surface area contributed by atoms with Crippen LogP contribution in [-0.2, 0) is 9.59 Å². The van der Waals surface area contributed by atoms with Crippen LogP contribution < -0.4 is 42.1 Å². The number of nitrogens with zero attached hydrogens (tertiary/aromatic N) is 4. The van der Waals surface area contributed by atoms with Crippen molar-refractivity contribution in [3.05, 3.63) is 106 Å². The average molecular weight is 897 g/mol. The maximum Gasteiger partial charge on any atom is 0.355 e. The SMILES string of the molecule is Nc1ccccc1N1CCC2(CC1)NCNC2=O.O=C(Nc1ccccc1N1CCC2(CC1)NCNC2=O)c1csc(-c2cccs2)n1.O=C(O)c1csc(-c2cccs2)n1. The minimum absolute atomic E-state index is 0.0915. The molecule has 3 amide bonds. The number of carbonyl (C=O) groups is 4. The summed E-state index contributed by atoms with van der Waals surface area (Å²) in [5, 5.41) is 32.9. The van der Waals surface area contributed by atoms with E-state index in [1.165, 1.54) is 22.7 Å². The van der Waals surface area contributed by atoms with Crippen LogP contribution >= 0.6 is 45.3 Å². The van der Waals surface area contributed by atoms with Crippen molar-refractivity contribution in [2.24, 2.45) is 0 Å². The molecule has 8 heterocycles. The van der Waals surface area contributed by atoms with E-state index in [1.807, 2.05) is 83.6 Å². The molecule has 8 N–H and O–H groups in total. The zero-order valence-corrected chi connectivity index (χ0v) is 36.2. The molecule has 4 aliphatic rings. The van der Waals surface area contributed by atoms with Crippen molar-refractivity contribution >= 4 is 91.8 Å². The number of thiazole rings is 2. The van der Waals surface area contributed by atoms with Crippen LogP contribution in [0.5, 0.6) is 0 Å². The van der Waals surface area contributed by atoms with Crippen molar-refractivity contribution in [1.29, 1.82) is 0 Å². The molecule has 15 nitrogen and oxygen atoms in total. The fourth-order valence-corrected chi connectivity index (χ4v) is 11.0. The van der Waals surface area contributed by atoms with Crippen molar-refractivity contribution < 1.29 is 24.3 Å². The number of carboxylic acid groups (broad SMARTS) is 1. The molecule has 316 valence electrons. The number of carboxylic acids is 1. The van der Waals surface area contributed by atoms with Gasteiger partial charge in [0, 0.05) is 36.9 Å². The van der Waals surface area contributed by atoms with Gasteiger partial charge in [-0.25, -0.2) is 14.8 Å². The summed E-state index contributed by atoms with van der Waals surface area (Å²) in [6.07, 6.45) is 3.12. The maximum atomic E-state index is 12.8. The van der Waals surface area contributed by atoms with Gasteiger partial charge in [0.15, 0.2) is 5.69 Å². The molecule has 4 aromatic heterocycles. The van der Waals surface area contributed by atoms with E-state index in [1.54, 1.807) is 33.4 Å². The van der Waals surface area contributed by atoms with Crippen LogP contribution in [0.2, 0.25) is 0 Å². The highest BCUT2D eigenvalue weighted by Crippen LogP contribution is 2.34. The Balaban J connectivity index is 0.000000140. The fourth-order valence-electron chi connectivity index (χ4n) is 7.75. The third kappa shape index (κ3) is 9.31. The van der Waals surface area contributed by atoms with E-state index in [4.69, 9.17) is 10.8 Å². The lowest BCUT2D eigenvalue weighted by Gasteiger charge is -2.39. The lowest BCUT2D eigenvalue weighted by Crippen LogP contribution is -2.54. The Morgan fingerprint density at radius 1 is 0.656 bits per heavy atom. The first kappa shape index (κ1) is 42.0. The number of aromatic carboxylic acids is 1. The molecule has 0 bridgehead atoms. The normalized spacial score (nSPS) is 17.5.